The van der Waals surface area contributed by atoms with Gasteiger partial charge in [0.25, 0.3) is 0 Å². The van der Waals surface area contributed by atoms with Crippen LogP contribution in [-0.4, -0.2) is 0 Å². The molecule has 13 heavy (non-hydrogen) atoms. The summed E-state index contributed by atoms with van der Waals surface area (Å²) >= 11 is 9.11. The summed E-state index contributed by atoms with van der Waals surface area (Å²) in [4.78, 5) is 0. The van der Waals surface area contributed by atoms with E-state index in [0.717, 1.165) is 10.9 Å². The van der Waals surface area contributed by atoms with Crippen molar-refractivity contribution in [3.63, 3.8) is 0 Å². The number of benzene rings is 1. The van der Waals surface area contributed by atoms with Crippen molar-refractivity contribution in [2.75, 3.05) is 0 Å². The zero-order valence-electron chi connectivity index (χ0n) is 7.50. The van der Waals surface area contributed by atoms with Crippen molar-refractivity contribution in [3.8, 4) is 0 Å². The van der Waals surface area contributed by atoms with E-state index in [4.69, 9.17) is 11.6 Å². The van der Waals surface area contributed by atoms with Gasteiger partial charge in [0, 0.05) is 15.9 Å². The molecule has 1 rings (SSSR count). The van der Waals surface area contributed by atoms with Crippen LogP contribution in [0.1, 0.15) is 24.8 Å². The van der Waals surface area contributed by atoms with Crippen LogP contribution in [0.3, 0.4) is 0 Å². The van der Waals surface area contributed by atoms with Gasteiger partial charge < -0.3 is 0 Å². The monoisotopic (exact) mass is 258 g/mol. The Balaban J connectivity index is 2.97. The topological polar surface area (TPSA) is 0 Å². The van der Waals surface area contributed by atoms with Crippen molar-refractivity contribution in [3.05, 3.63) is 45.9 Å². The summed E-state index contributed by atoms with van der Waals surface area (Å²) in [6.45, 7) is 2.15. The van der Waals surface area contributed by atoms with E-state index < -0.39 is 0 Å². The predicted octanol–water partition coefficient (Wildman–Crippen LogP) is 4.70. The fourth-order valence-corrected chi connectivity index (χ4v) is 2.08. The van der Waals surface area contributed by atoms with Gasteiger partial charge in [-0.3, -0.25) is 0 Å². The van der Waals surface area contributed by atoms with Crippen LogP contribution in [0, 0.1) is 0 Å². The molecule has 0 bridgehead atoms. The average molecular weight is 260 g/mol. The summed E-state index contributed by atoms with van der Waals surface area (Å²) in [5.41, 5.74) is 2.88. The van der Waals surface area contributed by atoms with Crippen LogP contribution in [0.25, 0.3) is 0 Å². The predicted molar refractivity (Wildman–Crippen MR) is 62.2 cm³/mol. The minimum atomic E-state index is 0.410. The second kappa shape index (κ2) is 5.46. The molecule has 1 aromatic carbocycles. The molecular formula is C11H12BrCl. The van der Waals surface area contributed by atoms with Gasteiger partial charge in [-0.15, -0.1) is 0 Å². The first kappa shape index (κ1) is 10.8. The molecule has 0 aliphatic heterocycles. The van der Waals surface area contributed by atoms with Crippen molar-refractivity contribution in [1.29, 1.82) is 0 Å². The van der Waals surface area contributed by atoms with E-state index in [1.165, 1.54) is 5.56 Å². The molecular weight excluding hydrogens is 247 g/mol. The molecule has 2 heteroatoms. The highest BCUT2D eigenvalue weighted by molar-refractivity contribution is 9.10. The zero-order chi connectivity index (χ0) is 9.68. The molecule has 0 radical (unpaired) electrons. The largest absolute Gasteiger partial charge is 0.0933 e. The van der Waals surface area contributed by atoms with Crippen LogP contribution in [0.5, 0.6) is 0 Å². The third-order valence-electron chi connectivity index (χ3n) is 2.05. The Labute approximate surface area is 92.7 Å². The molecule has 0 spiro atoms. The maximum atomic E-state index is 5.58. The van der Waals surface area contributed by atoms with Crippen LogP contribution in [0.4, 0.5) is 0 Å². The van der Waals surface area contributed by atoms with Gasteiger partial charge in [-0.2, -0.15) is 0 Å². The summed E-state index contributed by atoms with van der Waals surface area (Å²) in [6, 6.07) is 8.24. The molecule has 0 saturated carbocycles. The maximum absolute atomic E-state index is 5.58. The third-order valence-corrected chi connectivity index (χ3v) is 2.92. The summed E-state index contributed by atoms with van der Waals surface area (Å²) < 4.78 is 1.15. The normalized spacial score (nSPS) is 13.5. The van der Waals surface area contributed by atoms with Gasteiger partial charge in [-0.05, 0) is 18.1 Å². The van der Waals surface area contributed by atoms with Crippen LogP contribution < -0.4 is 0 Å². The van der Waals surface area contributed by atoms with Gasteiger partial charge >= 0.3 is 0 Å². The molecule has 1 atom stereocenters. The summed E-state index contributed by atoms with van der Waals surface area (Å²) in [7, 11) is 0. The Morgan fingerprint density at radius 2 is 2.15 bits per heavy atom. The third kappa shape index (κ3) is 2.85. The highest BCUT2D eigenvalue weighted by Crippen LogP contribution is 2.28. The molecule has 0 unspecified atom stereocenters. The highest BCUT2D eigenvalue weighted by atomic mass is 79.9. The second-order valence-corrected chi connectivity index (χ2v) is 3.96. The molecule has 0 amide bonds. The molecule has 0 saturated heterocycles. The molecule has 0 nitrogen and oxygen atoms in total. The van der Waals surface area contributed by atoms with Crippen molar-refractivity contribution < 1.29 is 0 Å². The van der Waals surface area contributed by atoms with Gasteiger partial charge in [0.1, 0.15) is 0 Å². The Morgan fingerprint density at radius 1 is 1.46 bits per heavy atom. The summed E-state index contributed by atoms with van der Waals surface area (Å²) in [6.07, 6.45) is 3.08. The number of hydrogen-bond acceptors (Lipinski definition) is 0. The highest BCUT2D eigenvalue weighted by Gasteiger charge is 2.07. The number of hydrogen-bond donors (Lipinski definition) is 0. The zero-order valence-corrected chi connectivity index (χ0v) is 9.85. The Hall–Kier alpha value is -0.270. The van der Waals surface area contributed by atoms with E-state index in [-0.39, 0.29) is 0 Å². The number of rotatable bonds is 3. The lowest BCUT2D eigenvalue weighted by Crippen LogP contribution is -1.93. The van der Waals surface area contributed by atoms with E-state index in [0.29, 0.717) is 5.92 Å². The lowest BCUT2D eigenvalue weighted by Gasteiger charge is -2.11. The Morgan fingerprint density at radius 3 is 2.69 bits per heavy atom. The molecule has 0 N–H and O–H groups in total. The second-order valence-electron chi connectivity index (χ2n) is 2.85. The first-order valence-corrected chi connectivity index (χ1v) is 5.53. The van der Waals surface area contributed by atoms with Gasteiger partial charge in [0.05, 0.1) is 0 Å². The number of allylic oxidation sites excluding steroid dienone is 1. The van der Waals surface area contributed by atoms with Gasteiger partial charge in [-0.25, -0.2) is 0 Å². The molecule has 0 fully saturated rings. The molecule has 0 heterocycles. The fourth-order valence-electron chi connectivity index (χ4n) is 1.32. The van der Waals surface area contributed by atoms with Crippen molar-refractivity contribution in [1.82, 2.24) is 0 Å². The first-order valence-electron chi connectivity index (χ1n) is 4.31. The molecule has 0 aromatic heterocycles. The molecule has 70 valence electrons. The summed E-state index contributed by atoms with van der Waals surface area (Å²) in [5.74, 6) is 0.410. The van der Waals surface area contributed by atoms with E-state index in [1.807, 2.05) is 18.2 Å². The fraction of sp³-hybridized carbons (Fsp3) is 0.273. The average Bonchev–Trinajstić information content (AvgIpc) is 2.16. The van der Waals surface area contributed by atoms with E-state index in [9.17, 15) is 0 Å². The molecule has 1 aromatic rings. The lowest BCUT2D eigenvalue weighted by molar-refractivity contribution is 0.802. The van der Waals surface area contributed by atoms with Crippen LogP contribution >= 0.6 is 27.5 Å². The van der Waals surface area contributed by atoms with Crippen LogP contribution in [-0.2, 0) is 0 Å². The van der Waals surface area contributed by atoms with Crippen molar-refractivity contribution in [2.45, 2.75) is 19.3 Å². The van der Waals surface area contributed by atoms with Crippen LogP contribution in [0.2, 0.25) is 0 Å². The quantitative estimate of drug-likeness (QED) is 0.738. The minimum absolute atomic E-state index is 0.410. The maximum Gasteiger partial charge on any atom is 0.0213 e. The SMILES string of the molecule is CC[C@H](/C=C\Cl)c1ccccc1Br. The number of halogens is 2. The summed E-state index contributed by atoms with van der Waals surface area (Å²) in [5, 5.41) is 0. The Kier molecular flexibility index (Phi) is 4.54. The van der Waals surface area contributed by atoms with Crippen molar-refractivity contribution >= 4 is 27.5 Å². The first-order chi connectivity index (χ1) is 6.29. The standard InChI is InChI=1S/C11H12BrCl/c1-2-9(7-8-13)10-5-3-4-6-11(10)12/h3-9H,2H2,1H3/b8-7-/t9-/m1/s1. The van der Waals surface area contributed by atoms with E-state index in [2.05, 4.69) is 35.0 Å². The van der Waals surface area contributed by atoms with Gasteiger partial charge in [0.15, 0.2) is 0 Å². The van der Waals surface area contributed by atoms with Crippen LogP contribution in [0.15, 0.2) is 40.3 Å². The van der Waals surface area contributed by atoms with E-state index >= 15 is 0 Å². The molecule has 0 aliphatic rings. The van der Waals surface area contributed by atoms with Gasteiger partial charge in [-0.1, -0.05) is 58.7 Å². The van der Waals surface area contributed by atoms with Crippen molar-refractivity contribution in [2.24, 2.45) is 0 Å². The molecule has 0 aliphatic carbocycles. The van der Waals surface area contributed by atoms with E-state index in [1.54, 1.807) is 5.54 Å². The minimum Gasteiger partial charge on any atom is -0.0933 e. The smallest absolute Gasteiger partial charge is 0.0213 e. The van der Waals surface area contributed by atoms with Gasteiger partial charge in [0.2, 0.25) is 0 Å². The Bertz CT molecular complexity index is 294. The lowest BCUT2D eigenvalue weighted by atomic mass is 9.97.